The molecule has 2 aliphatic rings. The maximum Gasteiger partial charge on any atom is 0.490 e. The normalized spacial score (nSPS) is 17.8. The molecule has 2 atom stereocenters. The summed E-state index contributed by atoms with van der Waals surface area (Å²) < 4.78 is 31.7. The summed E-state index contributed by atoms with van der Waals surface area (Å²) in [5.74, 6) is -2.34. The summed E-state index contributed by atoms with van der Waals surface area (Å²) in [6.45, 7) is 9.43. The van der Waals surface area contributed by atoms with Gasteiger partial charge in [0.15, 0.2) is 5.01 Å². The van der Waals surface area contributed by atoms with Gasteiger partial charge in [-0.1, -0.05) is 56.4 Å². The molecule has 0 saturated carbocycles. The van der Waals surface area contributed by atoms with Crippen LogP contribution in [0, 0.1) is 11.3 Å². The predicted molar refractivity (Wildman–Crippen MR) is 183 cm³/mol. The lowest BCUT2D eigenvalue weighted by Gasteiger charge is -2.34. The van der Waals surface area contributed by atoms with Crippen LogP contribution in [0.15, 0.2) is 47.5 Å². The van der Waals surface area contributed by atoms with E-state index in [0.717, 1.165) is 90.9 Å². The number of fused-ring (bicyclic) bond motifs is 2. The van der Waals surface area contributed by atoms with Crippen LogP contribution in [0.2, 0.25) is 0 Å². The van der Waals surface area contributed by atoms with Gasteiger partial charge in [-0.05, 0) is 72.6 Å². The maximum absolute atomic E-state index is 13.6. The Labute approximate surface area is 291 Å². The molecule has 15 heteroatoms. The summed E-state index contributed by atoms with van der Waals surface area (Å²) in [5, 5.41) is 20.7. The van der Waals surface area contributed by atoms with Crippen LogP contribution in [0.5, 0.6) is 0 Å². The fourth-order valence-electron chi connectivity index (χ4n) is 6.25. The molecule has 0 radical (unpaired) electrons. The molecular formula is C35H41F3N6O5S. The van der Waals surface area contributed by atoms with Gasteiger partial charge in [-0.2, -0.15) is 13.2 Å². The van der Waals surface area contributed by atoms with E-state index in [9.17, 15) is 27.9 Å². The minimum atomic E-state index is -5.08. The van der Waals surface area contributed by atoms with Crippen LogP contribution in [0.4, 0.5) is 13.2 Å². The Hall–Kier alpha value is -4.21. The van der Waals surface area contributed by atoms with E-state index in [4.69, 9.17) is 19.9 Å². The molecule has 50 heavy (non-hydrogen) atoms. The number of thiazole rings is 1. The number of benzene rings is 1. The number of nitrogens with one attached hydrogen (secondary N) is 2. The van der Waals surface area contributed by atoms with Gasteiger partial charge >= 0.3 is 17.8 Å². The second-order valence-electron chi connectivity index (χ2n) is 13.9. The fourth-order valence-corrected chi connectivity index (χ4v) is 7.10. The van der Waals surface area contributed by atoms with Gasteiger partial charge in [-0.3, -0.25) is 4.79 Å². The van der Waals surface area contributed by atoms with Gasteiger partial charge < -0.3 is 25.4 Å². The Morgan fingerprint density at radius 3 is 2.36 bits per heavy atom. The number of aryl methyl sites for hydroxylation is 1. The lowest BCUT2D eigenvalue weighted by Crippen LogP contribution is -2.38. The van der Waals surface area contributed by atoms with Crippen LogP contribution < -0.4 is 11.0 Å². The molecule has 11 nitrogen and oxygen atoms in total. The van der Waals surface area contributed by atoms with Crippen molar-refractivity contribution in [1.82, 2.24) is 30.2 Å². The third-order valence-corrected chi connectivity index (χ3v) is 10.3. The van der Waals surface area contributed by atoms with Gasteiger partial charge in [0.05, 0.1) is 12.1 Å². The lowest BCUT2D eigenvalue weighted by atomic mass is 9.71. The molecule has 1 amide bonds. The number of likely N-dealkylation sites (tertiary alicyclic amines) is 1. The molecule has 1 aliphatic carbocycles. The van der Waals surface area contributed by atoms with Crippen molar-refractivity contribution in [3.8, 4) is 11.1 Å². The second kappa shape index (κ2) is 15.4. The minimum Gasteiger partial charge on any atom is -0.475 e. The zero-order chi connectivity index (χ0) is 36.2. The molecule has 4 aromatic rings. The number of carboxylic acids is 1. The number of aliphatic hydroxyl groups is 1. The quantitative estimate of drug-likeness (QED) is 0.193. The molecule has 1 aromatic carbocycles. The van der Waals surface area contributed by atoms with Crippen molar-refractivity contribution in [3.05, 3.63) is 75.0 Å². The average molecular weight is 715 g/mol. The first-order valence-electron chi connectivity index (χ1n) is 16.5. The van der Waals surface area contributed by atoms with Crippen molar-refractivity contribution >= 4 is 33.6 Å². The van der Waals surface area contributed by atoms with E-state index in [1.54, 1.807) is 12.4 Å². The number of piperidine rings is 1. The number of aliphatic carboxylic acids is 1. The summed E-state index contributed by atoms with van der Waals surface area (Å²) in [4.78, 5) is 53.2. The van der Waals surface area contributed by atoms with E-state index >= 15 is 0 Å². The molecule has 0 bridgehead atoms. The highest BCUT2D eigenvalue weighted by Crippen LogP contribution is 2.38. The van der Waals surface area contributed by atoms with Gasteiger partial charge in [-0.15, -0.1) is 0 Å². The number of nitrogens with zero attached hydrogens (tertiary/aromatic N) is 4. The molecule has 4 heterocycles. The molecule has 6 rings (SSSR count). The van der Waals surface area contributed by atoms with Crippen LogP contribution >= 0.6 is 11.3 Å². The smallest absolute Gasteiger partial charge is 0.475 e. The predicted octanol–water partition coefficient (Wildman–Crippen LogP) is 5.54. The Bertz CT molecular complexity index is 1840. The number of carbonyl (C=O) groups excluding carboxylic acids is 1. The van der Waals surface area contributed by atoms with Crippen LogP contribution in [0.1, 0.15) is 79.1 Å². The summed E-state index contributed by atoms with van der Waals surface area (Å²) in [7, 11) is 0. The topological polar surface area (TPSA) is 161 Å². The molecule has 268 valence electrons. The van der Waals surface area contributed by atoms with Crippen molar-refractivity contribution in [2.24, 2.45) is 11.3 Å². The number of halogens is 3. The molecule has 1 aliphatic heterocycles. The van der Waals surface area contributed by atoms with E-state index in [0.29, 0.717) is 10.9 Å². The van der Waals surface area contributed by atoms with E-state index in [-0.39, 0.29) is 29.2 Å². The van der Waals surface area contributed by atoms with Gasteiger partial charge in [-0.25, -0.2) is 24.5 Å². The van der Waals surface area contributed by atoms with Gasteiger partial charge in [0.1, 0.15) is 10.3 Å². The number of aromatic nitrogens is 4. The van der Waals surface area contributed by atoms with E-state index < -0.39 is 12.1 Å². The van der Waals surface area contributed by atoms with Gasteiger partial charge in [0, 0.05) is 43.3 Å². The number of alkyl halides is 3. The highest BCUT2D eigenvalue weighted by molar-refractivity contribution is 7.19. The summed E-state index contributed by atoms with van der Waals surface area (Å²) >= 11 is 1.36. The standard InChI is InChI=1S/C33H40N6O3S.C2HF3O2/c1-33(2,3)24-8-9-26-22(16-24)17-28-30(37-26)43-31(38-28)29(41)36-27(12-15-39-13-10-25(40)11-14-39)21-6-4-20(5-7-21)23-18-34-32(42)35-19-23;3-2(4,5)1(6)7/h4-7,17-19,24-25,27,40H,8-16H2,1-3H3,(H,36,41)(H,34,35,42);(H,6,7)/t24-,27+;/m0./s1. The third kappa shape index (κ3) is 9.52. The van der Waals surface area contributed by atoms with Crippen molar-refractivity contribution in [3.63, 3.8) is 0 Å². The molecule has 4 N–H and O–H groups in total. The highest BCUT2D eigenvalue weighted by atomic mass is 32.1. The number of aliphatic hydroxyl groups excluding tert-OH is 1. The average Bonchev–Trinajstić information content (AvgIpc) is 3.49. The van der Waals surface area contributed by atoms with Crippen LogP contribution in [-0.4, -0.2) is 78.8 Å². The number of hydrogen-bond donors (Lipinski definition) is 4. The first-order chi connectivity index (χ1) is 23.6. The third-order valence-electron chi connectivity index (χ3n) is 9.32. The number of aromatic amines is 1. The van der Waals surface area contributed by atoms with Crippen molar-refractivity contribution < 1.29 is 33.0 Å². The van der Waals surface area contributed by atoms with E-state index in [2.05, 4.69) is 47.0 Å². The largest absolute Gasteiger partial charge is 0.490 e. The van der Waals surface area contributed by atoms with Crippen LogP contribution in [0.3, 0.4) is 0 Å². The SMILES string of the molecule is CC(C)(C)[C@H]1CCc2nc3sc(C(=O)N[C@H](CCN4CCC(O)CC4)c4ccc(-c5cnc(=O)[nH]c5)cc4)nc3cc2C1.O=C(O)C(F)(F)F. The number of amides is 1. The first-order valence-corrected chi connectivity index (χ1v) is 17.3. The second-order valence-corrected chi connectivity index (χ2v) is 14.8. The highest BCUT2D eigenvalue weighted by Gasteiger charge is 2.38. The lowest BCUT2D eigenvalue weighted by molar-refractivity contribution is -0.192. The molecule has 1 saturated heterocycles. The first kappa shape index (κ1) is 37.1. The van der Waals surface area contributed by atoms with Crippen molar-refractivity contribution in [2.75, 3.05) is 19.6 Å². The summed E-state index contributed by atoms with van der Waals surface area (Å²) in [6, 6.07) is 9.93. The van der Waals surface area contributed by atoms with Gasteiger partial charge in [0.2, 0.25) is 0 Å². The minimum absolute atomic E-state index is 0.193. The van der Waals surface area contributed by atoms with E-state index in [1.807, 2.05) is 24.3 Å². The number of carboxylic acid groups (broad SMARTS) is 1. The molecule has 3 aromatic heterocycles. The number of hydrogen-bond acceptors (Lipinski definition) is 9. The maximum atomic E-state index is 13.6. The Morgan fingerprint density at radius 2 is 1.76 bits per heavy atom. The number of rotatable bonds is 7. The fraction of sp³-hybridized carbons (Fsp3) is 0.486. The molecule has 0 spiro atoms. The van der Waals surface area contributed by atoms with Crippen LogP contribution in [0.25, 0.3) is 21.5 Å². The van der Waals surface area contributed by atoms with Crippen molar-refractivity contribution in [1.29, 1.82) is 0 Å². The molecular weight excluding hydrogens is 673 g/mol. The molecule has 0 unspecified atom stereocenters. The number of pyridine rings is 1. The van der Waals surface area contributed by atoms with E-state index in [1.165, 1.54) is 16.9 Å². The summed E-state index contributed by atoms with van der Waals surface area (Å²) in [5.41, 5.74) is 5.81. The Kier molecular flexibility index (Phi) is 11.4. The summed E-state index contributed by atoms with van der Waals surface area (Å²) in [6.07, 6.45) is 3.28. The number of carbonyl (C=O) groups is 2. The van der Waals surface area contributed by atoms with Gasteiger partial charge in [0.25, 0.3) is 5.91 Å². The zero-order valence-electron chi connectivity index (χ0n) is 28.1. The van der Waals surface area contributed by atoms with Crippen LogP contribution in [-0.2, 0) is 17.6 Å². The Balaban J connectivity index is 0.000000630. The Morgan fingerprint density at radius 1 is 1.08 bits per heavy atom. The van der Waals surface area contributed by atoms with Crippen molar-refractivity contribution in [2.45, 2.75) is 77.6 Å². The monoisotopic (exact) mass is 714 g/mol. The number of H-pyrrole nitrogens is 1. The molecule has 1 fully saturated rings. The zero-order valence-corrected chi connectivity index (χ0v) is 28.9.